The summed E-state index contributed by atoms with van der Waals surface area (Å²) in [6.07, 6.45) is 4.27. The Balaban J connectivity index is 1.47. The Kier molecular flexibility index (Phi) is 7.66. The molecule has 1 spiro atoms. The molecule has 0 heterocycles. The van der Waals surface area contributed by atoms with Crippen LogP contribution in [0.5, 0.6) is 11.5 Å². The fourth-order valence-corrected chi connectivity index (χ4v) is 6.79. The lowest BCUT2D eigenvalue weighted by atomic mass is 9.52. The fraction of sp³-hybridized carbons (Fsp3) is 0.441. The van der Waals surface area contributed by atoms with Crippen LogP contribution in [0.2, 0.25) is 0 Å². The van der Waals surface area contributed by atoms with E-state index in [1.807, 2.05) is 24.3 Å². The van der Waals surface area contributed by atoms with Gasteiger partial charge in [-0.05, 0) is 102 Å². The standard InChI is InChI=1S/C34H39FO5/c1-33(2,3)31(39-5)27-17-21(8-12-25(27)26-18-23(38-4)11-13-30(26)35)20-40-24-10-9-22-7-6-15-34(29(22)19-24)16-14-28(34)32(36)37/h8-13,17-19,28,31H,6-7,14-16,20H2,1-5H3,(H,36,37)/t28-,31-,34+/m1/s1. The Bertz CT molecular complexity index is 1410. The third kappa shape index (κ3) is 5.10. The molecule has 3 atom stereocenters. The molecule has 3 aromatic rings. The van der Waals surface area contributed by atoms with Crippen LogP contribution in [0, 0.1) is 17.2 Å². The summed E-state index contributed by atoms with van der Waals surface area (Å²) in [5.41, 5.74) is 4.90. The van der Waals surface area contributed by atoms with E-state index in [2.05, 4.69) is 32.9 Å². The zero-order valence-corrected chi connectivity index (χ0v) is 24.1. The number of hydrogen-bond acceptors (Lipinski definition) is 4. The summed E-state index contributed by atoms with van der Waals surface area (Å²) >= 11 is 0. The number of aliphatic carboxylic acids is 1. The SMILES string of the molecule is COc1ccc(F)c(-c2ccc(COc3ccc4c(c3)[C@@]3(CCC4)CC[C@@H]3C(=O)O)cc2[C@@H](OC)C(C)(C)C)c1. The van der Waals surface area contributed by atoms with Gasteiger partial charge in [0.15, 0.2) is 0 Å². The molecule has 0 amide bonds. The molecule has 1 N–H and O–H groups in total. The monoisotopic (exact) mass is 546 g/mol. The molecular weight excluding hydrogens is 507 g/mol. The highest BCUT2D eigenvalue weighted by Crippen LogP contribution is 2.56. The highest BCUT2D eigenvalue weighted by atomic mass is 19.1. The maximum absolute atomic E-state index is 15.1. The minimum absolute atomic E-state index is 0.241. The maximum atomic E-state index is 15.1. The van der Waals surface area contributed by atoms with Crippen molar-refractivity contribution in [3.8, 4) is 22.6 Å². The van der Waals surface area contributed by atoms with Crippen LogP contribution in [0.4, 0.5) is 4.39 Å². The number of benzene rings is 3. The summed E-state index contributed by atoms with van der Waals surface area (Å²) in [7, 11) is 3.25. The van der Waals surface area contributed by atoms with Gasteiger partial charge in [-0.1, -0.05) is 39.0 Å². The van der Waals surface area contributed by atoms with Gasteiger partial charge in [-0.3, -0.25) is 4.79 Å². The average molecular weight is 547 g/mol. The Morgan fingerprint density at radius 3 is 2.45 bits per heavy atom. The molecule has 0 aliphatic heterocycles. The molecule has 1 saturated carbocycles. The number of carbonyl (C=O) groups is 1. The molecule has 6 heteroatoms. The van der Waals surface area contributed by atoms with E-state index in [0.29, 0.717) is 17.9 Å². The van der Waals surface area contributed by atoms with Crippen LogP contribution in [-0.4, -0.2) is 25.3 Å². The van der Waals surface area contributed by atoms with Crippen molar-refractivity contribution in [1.29, 1.82) is 0 Å². The van der Waals surface area contributed by atoms with Crippen LogP contribution in [-0.2, 0) is 28.0 Å². The number of carboxylic acid groups (broad SMARTS) is 1. The van der Waals surface area contributed by atoms with Gasteiger partial charge in [0.25, 0.3) is 0 Å². The van der Waals surface area contributed by atoms with Crippen LogP contribution < -0.4 is 9.47 Å². The Labute approximate surface area is 236 Å². The second-order valence-electron chi connectivity index (χ2n) is 12.3. The van der Waals surface area contributed by atoms with E-state index in [1.165, 1.54) is 11.6 Å². The topological polar surface area (TPSA) is 65.0 Å². The number of ether oxygens (including phenoxy) is 3. The average Bonchev–Trinajstić information content (AvgIpc) is 2.90. The summed E-state index contributed by atoms with van der Waals surface area (Å²) in [6.45, 7) is 6.63. The number of halogens is 1. The smallest absolute Gasteiger partial charge is 0.307 e. The molecule has 2 aliphatic carbocycles. The Morgan fingerprint density at radius 2 is 1.80 bits per heavy atom. The van der Waals surface area contributed by atoms with E-state index in [9.17, 15) is 9.90 Å². The molecule has 5 nitrogen and oxygen atoms in total. The minimum Gasteiger partial charge on any atom is -0.497 e. The summed E-state index contributed by atoms with van der Waals surface area (Å²) in [5, 5.41) is 9.83. The number of carboxylic acids is 1. The van der Waals surface area contributed by atoms with Crippen LogP contribution in [0.3, 0.4) is 0 Å². The molecule has 0 saturated heterocycles. The molecule has 3 aromatic carbocycles. The first-order chi connectivity index (χ1) is 19.1. The van der Waals surface area contributed by atoms with Crippen molar-refractivity contribution in [3.05, 3.63) is 82.7 Å². The molecule has 1 fully saturated rings. The van der Waals surface area contributed by atoms with Gasteiger partial charge in [0.2, 0.25) is 0 Å². The largest absolute Gasteiger partial charge is 0.497 e. The summed E-state index contributed by atoms with van der Waals surface area (Å²) in [4.78, 5) is 12.0. The van der Waals surface area contributed by atoms with E-state index < -0.39 is 5.97 Å². The van der Waals surface area contributed by atoms with Crippen LogP contribution >= 0.6 is 0 Å². The van der Waals surface area contributed by atoms with Crippen molar-refractivity contribution in [1.82, 2.24) is 0 Å². The first-order valence-corrected chi connectivity index (χ1v) is 14.1. The highest BCUT2D eigenvalue weighted by Gasteiger charge is 2.53. The van der Waals surface area contributed by atoms with E-state index in [0.717, 1.165) is 60.1 Å². The zero-order chi connectivity index (χ0) is 28.7. The van der Waals surface area contributed by atoms with Crippen LogP contribution in [0.25, 0.3) is 11.1 Å². The third-order valence-corrected chi connectivity index (χ3v) is 8.82. The van der Waals surface area contributed by atoms with Gasteiger partial charge in [-0.25, -0.2) is 4.39 Å². The molecule has 40 heavy (non-hydrogen) atoms. The molecule has 0 radical (unpaired) electrons. The lowest BCUT2D eigenvalue weighted by Gasteiger charge is -2.51. The molecule has 2 aliphatic rings. The number of aryl methyl sites for hydroxylation is 1. The third-order valence-electron chi connectivity index (χ3n) is 8.82. The van der Waals surface area contributed by atoms with Gasteiger partial charge in [0, 0.05) is 18.1 Å². The second-order valence-corrected chi connectivity index (χ2v) is 12.3. The zero-order valence-electron chi connectivity index (χ0n) is 24.1. The number of fused-ring (bicyclic) bond motifs is 2. The molecule has 5 rings (SSSR count). The van der Waals surface area contributed by atoms with Gasteiger partial charge in [0.1, 0.15) is 23.9 Å². The van der Waals surface area contributed by atoms with Gasteiger partial charge in [0.05, 0.1) is 19.1 Å². The first kappa shape index (κ1) is 28.2. The predicted octanol–water partition coefficient (Wildman–Crippen LogP) is 7.88. The van der Waals surface area contributed by atoms with Crippen LogP contribution in [0.1, 0.15) is 74.8 Å². The molecule has 0 bridgehead atoms. The van der Waals surface area contributed by atoms with Gasteiger partial charge < -0.3 is 19.3 Å². The van der Waals surface area contributed by atoms with Crippen molar-refractivity contribution in [3.63, 3.8) is 0 Å². The summed E-state index contributed by atoms with van der Waals surface area (Å²) in [6, 6.07) is 16.8. The number of rotatable bonds is 8. The molecule has 0 aromatic heterocycles. The molecule has 212 valence electrons. The van der Waals surface area contributed by atoms with Crippen molar-refractivity contribution >= 4 is 5.97 Å². The molecule has 0 unspecified atom stereocenters. The first-order valence-electron chi connectivity index (χ1n) is 14.1. The van der Waals surface area contributed by atoms with Crippen molar-refractivity contribution in [2.24, 2.45) is 11.3 Å². The number of methoxy groups -OCH3 is 2. The minimum atomic E-state index is -0.697. The normalized spacial score (nSPS) is 20.9. The van der Waals surface area contributed by atoms with Crippen LogP contribution in [0.15, 0.2) is 54.6 Å². The molecular formula is C34H39FO5. The van der Waals surface area contributed by atoms with Gasteiger partial charge in [-0.15, -0.1) is 0 Å². The lowest BCUT2D eigenvalue weighted by molar-refractivity contribution is -0.150. The van der Waals surface area contributed by atoms with E-state index >= 15 is 4.39 Å². The number of hydrogen-bond donors (Lipinski definition) is 1. The summed E-state index contributed by atoms with van der Waals surface area (Å²) in [5.74, 6) is -0.0243. The Hall–Kier alpha value is -3.38. The quantitative estimate of drug-likeness (QED) is 0.311. The summed E-state index contributed by atoms with van der Waals surface area (Å²) < 4.78 is 32.7. The van der Waals surface area contributed by atoms with E-state index in [1.54, 1.807) is 26.4 Å². The lowest BCUT2D eigenvalue weighted by Crippen LogP contribution is -2.50. The Morgan fingerprint density at radius 1 is 1.02 bits per heavy atom. The van der Waals surface area contributed by atoms with Crippen molar-refractivity contribution < 1.29 is 28.5 Å². The fourth-order valence-electron chi connectivity index (χ4n) is 6.79. The van der Waals surface area contributed by atoms with E-state index in [4.69, 9.17) is 14.2 Å². The van der Waals surface area contributed by atoms with E-state index in [-0.39, 0.29) is 28.7 Å². The second kappa shape index (κ2) is 10.9. The van der Waals surface area contributed by atoms with Gasteiger partial charge >= 0.3 is 5.97 Å². The maximum Gasteiger partial charge on any atom is 0.307 e. The van der Waals surface area contributed by atoms with Crippen molar-refractivity contribution in [2.75, 3.05) is 14.2 Å². The highest BCUT2D eigenvalue weighted by molar-refractivity contribution is 5.75. The van der Waals surface area contributed by atoms with Gasteiger partial charge in [-0.2, -0.15) is 0 Å². The van der Waals surface area contributed by atoms with Crippen molar-refractivity contribution in [2.45, 2.75) is 71.0 Å². The predicted molar refractivity (Wildman–Crippen MR) is 153 cm³/mol.